The molecule has 0 N–H and O–H groups in total. The van der Waals surface area contributed by atoms with Crippen molar-refractivity contribution in [2.45, 2.75) is 6.42 Å². The van der Waals surface area contributed by atoms with Crippen LogP contribution in [0, 0.1) is 0 Å². The number of hydrogen-bond donors (Lipinski definition) is 0. The van der Waals surface area contributed by atoms with E-state index >= 15 is 0 Å². The van der Waals surface area contributed by atoms with Gasteiger partial charge in [0.2, 0.25) is 0 Å². The molecule has 0 unspecified atom stereocenters. The van der Waals surface area contributed by atoms with E-state index in [1.807, 2.05) is 11.6 Å². The lowest BCUT2D eigenvalue weighted by Gasteiger charge is -2.14. The summed E-state index contributed by atoms with van der Waals surface area (Å²) < 4.78 is 0. The zero-order valence-corrected chi connectivity index (χ0v) is 9.00. The van der Waals surface area contributed by atoms with Crippen LogP contribution in [0.15, 0.2) is 40.8 Å². The lowest BCUT2D eigenvalue weighted by Crippen LogP contribution is -2.13. The predicted molar refractivity (Wildman–Crippen MR) is 62.8 cm³/mol. The van der Waals surface area contributed by atoms with E-state index in [4.69, 9.17) is 0 Å². The Labute approximate surface area is 92.3 Å². The summed E-state index contributed by atoms with van der Waals surface area (Å²) in [6.45, 7) is 0.881. The van der Waals surface area contributed by atoms with Gasteiger partial charge in [-0.1, -0.05) is 24.3 Å². The molecule has 2 heterocycles. The van der Waals surface area contributed by atoms with Gasteiger partial charge in [0.25, 0.3) is 0 Å². The predicted octanol–water partition coefficient (Wildman–Crippen LogP) is 2.54. The molecule has 0 bridgehead atoms. The Hall–Kier alpha value is -1.48. The molecule has 0 amide bonds. The minimum absolute atomic E-state index is 0.881. The molecule has 1 aromatic carbocycles. The van der Waals surface area contributed by atoms with Crippen molar-refractivity contribution in [1.82, 2.24) is 4.98 Å². The average Bonchev–Trinajstić information content (AvgIpc) is 2.82. The number of benzene rings is 1. The van der Waals surface area contributed by atoms with Crippen molar-refractivity contribution in [2.24, 2.45) is 4.99 Å². The number of nitrogens with zero attached hydrogens (tertiary/aromatic N) is 2. The van der Waals surface area contributed by atoms with Crippen LogP contribution in [0.25, 0.3) is 0 Å². The van der Waals surface area contributed by atoms with E-state index in [9.17, 15) is 0 Å². The maximum Gasteiger partial charge on any atom is 0.141 e. The second-order valence-electron chi connectivity index (χ2n) is 3.47. The van der Waals surface area contributed by atoms with Crippen molar-refractivity contribution in [2.75, 3.05) is 6.54 Å². The third-order valence-electron chi connectivity index (χ3n) is 2.56. The summed E-state index contributed by atoms with van der Waals surface area (Å²) >= 11 is 1.65. The summed E-state index contributed by atoms with van der Waals surface area (Å²) in [5.41, 5.74) is 3.70. The van der Waals surface area contributed by atoms with Crippen LogP contribution < -0.4 is 0 Å². The van der Waals surface area contributed by atoms with Gasteiger partial charge in [-0.25, -0.2) is 4.98 Å². The van der Waals surface area contributed by atoms with Crippen molar-refractivity contribution < 1.29 is 0 Å². The molecule has 74 valence electrons. The molecular weight excluding hydrogens is 204 g/mol. The van der Waals surface area contributed by atoms with Crippen molar-refractivity contribution >= 4 is 17.0 Å². The van der Waals surface area contributed by atoms with E-state index in [1.165, 1.54) is 11.1 Å². The molecule has 15 heavy (non-hydrogen) atoms. The molecule has 2 aromatic rings. The summed E-state index contributed by atoms with van der Waals surface area (Å²) in [6.07, 6.45) is 2.88. The molecule has 0 saturated heterocycles. The van der Waals surface area contributed by atoms with Crippen LogP contribution in [0.1, 0.15) is 16.1 Å². The van der Waals surface area contributed by atoms with Gasteiger partial charge in [-0.05, 0) is 12.0 Å². The maximum absolute atomic E-state index is 4.58. The van der Waals surface area contributed by atoms with E-state index in [-0.39, 0.29) is 0 Å². The van der Waals surface area contributed by atoms with Gasteiger partial charge in [-0.2, -0.15) is 0 Å². The highest BCUT2D eigenvalue weighted by Crippen LogP contribution is 2.21. The molecule has 0 aliphatic carbocycles. The summed E-state index contributed by atoms with van der Waals surface area (Å²) in [7, 11) is 0. The molecule has 3 heteroatoms. The normalized spacial score (nSPS) is 14.5. The fraction of sp³-hybridized carbons (Fsp3) is 0.167. The van der Waals surface area contributed by atoms with E-state index in [0.29, 0.717) is 0 Å². The first-order valence-corrected chi connectivity index (χ1v) is 5.86. The van der Waals surface area contributed by atoms with E-state index in [2.05, 4.69) is 34.2 Å². The van der Waals surface area contributed by atoms with Crippen LogP contribution in [0.4, 0.5) is 0 Å². The second-order valence-corrected chi connectivity index (χ2v) is 4.37. The van der Waals surface area contributed by atoms with Crippen molar-refractivity contribution in [3.63, 3.8) is 0 Å². The molecule has 3 rings (SSSR count). The first-order valence-electron chi connectivity index (χ1n) is 4.98. The summed E-state index contributed by atoms with van der Waals surface area (Å²) in [6, 6.07) is 8.46. The number of fused-ring (bicyclic) bond motifs is 1. The maximum atomic E-state index is 4.58. The third kappa shape index (κ3) is 1.49. The van der Waals surface area contributed by atoms with Gasteiger partial charge < -0.3 is 0 Å². The Balaban J connectivity index is 2.15. The molecule has 0 spiro atoms. The zero-order valence-electron chi connectivity index (χ0n) is 8.18. The van der Waals surface area contributed by atoms with Crippen molar-refractivity contribution in [3.8, 4) is 0 Å². The molecule has 1 aliphatic rings. The average molecular weight is 214 g/mol. The highest BCUT2D eigenvalue weighted by atomic mass is 32.1. The van der Waals surface area contributed by atoms with Gasteiger partial charge in [-0.3, -0.25) is 4.99 Å². The molecule has 0 radical (unpaired) electrons. The Kier molecular flexibility index (Phi) is 2.10. The molecule has 1 aliphatic heterocycles. The quantitative estimate of drug-likeness (QED) is 0.716. The lowest BCUT2D eigenvalue weighted by molar-refractivity contribution is 0.943. The smallest absolute Gasteiger partial charge is 0.141 e. The van der Waals surface area contributed by atoms with Crippen LogP contribution in [-0.4, -0.2) is 17.2 Å². The number of aromatic nitrogens is 1. The second kappa shape index (κ2) is 3.59. The van der Waals surface area contributed by atoms with Crippen molar-refractivity contribution in [1.29, 1.82) is 0 Å². The van der Waals surface area contributed by atoms with Crippen LogP contribution in [0.5, 0.6) is 0 Å². The standard InChI is InChI=1S/C12H10N2S/c1-2-4-10-9(3-1)5-6-13-11(10)12-14-7-8-15-12/h1-4,7-8H,5-6H2. The van der Waals surface area contributed by atoms with Gasteiger partial charge >= 0.3 is 0 Å². The minimum atomic E-state index is 0.881. The highest BCUT2D eigenvalue weighted by molar-refractivity contribution is 7.11. The highest BCUT2D eigenvalue weighted by Gasteiger charge is 2.16. The van der Waals surface area contributed by atoms with Gasteiger partial charge in [0.1, 0.15) is 10.7 Å². The third-order valence-corrected chi connectivity index (χ3v) is 3.34. The molecule has 0 saturated carbocycles. The first kappa shape index (κ1) is 8.80. The summed E-state index contributed by atoms with van der Waals surface area (Å²) in [5.74, 6) is 0. The van der Waals surface area contributed by atoms with Crippen LogP contribution >= 0.6 is 11.3 Å². The SMILES string of the molecule is c1ccc2c(c1)CCN=C2c1nccs1. The molecular formula is C12H10N2S. The zero-order chi connectivity index (χ0) is 10.1. The Bertz CT molecular complexity index is 500. The molecule has 2 nitrogen and oxygen atoms in total. The van der Waals surface area contributed by atoms with Crippen LogP contribution in [0.2, 0.25) is 0 Å². The van der Waals surface area contributed by atoms with Gasteiger partial charge in [0.15, 0.2) is 0 Å². The molecule has 0 atom stereocenters. The number of thiazole rings is 1. The van der Waals surface area contributed by atoms with Crippen LogP contribution in [0.3, 0.4) is 0 Å². The van der Waals surface area contributed by atoms with Crippen molar-refractivity contribution in [3.05, 3.63) is 52.0 Å². The lowest BCUT2D eigenvalue weighted by atomic mass is 9.98. The number of hydrogen-bond acceptors (Lipinski definition) is 3. The van der Waals surface area contributed by atoms with E-state index in [1.54, 1.807) is 11.3 Å². The number of aliphatic imine (C=N–C) groups is 1. The van der Waals surface area contributed by atoms with E-state index < -0.39 is 0 Å². The Morgan fingerprint density at radius 2 is 2.13 bits per heavy atom. The summed E-state index contributed by atoms with van der Waals surface area (Å²) in [5, 5.41) is 3.02. The van der Waals surface area contributed by atoms with Gasteiger partial charge in [-0.15, -0.1) is 11.3 Å². The summed E-state index contributed by atoms with van der Waals surface area (Å²) in [4.78, 5) is 8.90. The molecule has 0 fully saturated rings. The van der Waals surface area contributed by atoms with Gasteiger partial charge in [0, 0.05) is 23.7 Å². The Morgan fingerprint density at radius 1 is 1.20 bits per heavy atom. The first-order chi connectivity index (χ1) is 7.45. The fourth-order valence-electron chi connectivity index (χ4n) is 1.87. The largest absolute Gasteiger partial charge is 0.281 e. The number of rotatable bonds is 1. The molecule has 1 aromatic heterocycles. The fourth-order valence-corrected chi connectivity index (χ4v) is 2.52. The van der Waals surface area contributed by atoms with Gasteiger partial charge in [0.05, 0.1) is 0 Å². The van der Waals surface area contributed by atoms with Crippen LogP contribution in [-0.2, 0) is 6.42 Å². The minimum Gasteiger partial charge on any atom is -0.281 e. The monoisotopic (exact) mass is 214 g/mol. The topological polar surface area (TPSA) is 25.2 Å². The van der Waals surface area contributed by atoms with E-state index in [0.717, 1.165) is 23.7 Å². The Morgan fingerprint density at radius 3 is 3.00 bits per heavy atom.